The van der Waals surface area contributed by atoms with E-state index in [1.807, 2.05) is 84.9 Å². The average Bonchev–Trinajstić information content (AvgIpc) is 3.08. The predicted octanol–water partition coefficient (Wildman–Crippen LogP) is 8.89. The fraction of sp³-hybridized carbons (Fsp3) is 0.184. The summed E-state index contributed by atoms with van der Waals surface area (Å²) in [5, 5.41) is 4.24. The predicted molar refractivity (Wildman–Crippen MR) is 183 cm³/mol. The molecule has 7 nitrogen and oxygen atoms in total. The fourth-order valence-electron chi connectivity index (χ4n) is 6.15. The van der Waals surface area contributed by atoms with Crippen LogP contribution in [-0.4, -0.2) is 15.0 Å². The second kappa shape index (κ2) is 12.7. The van der Waals surface area contributed by atoms with Crippen molar-refractivity contribution in [1.82, 2.24) is 15.0 Å². The summed E-state index contributed by atoms with van der Waals surface area (Å²) in [7, 11) is 0. The van der Waals surface area contributed by atoms with Crippen molar-refractivity contribution in [3.63, 3.8) is 0 Å². The molecule has 0 amide bonds. The van der Waals surface area contributed by atoms with Gasteiger partial charge in [-0.3, -0.25) is 0 Å². The molecule has 2 aromatic heterocycles. The highest BCUT2D eigenvalue weighted by molar-refractivity contribution is 5.95. The van der Waals surface area contributed by atoms with Crippen LogP contribution in [0.2, 0.25) is 0 Å². The van der Waals surface area contributed by atoms with Crippen LogP contribution in [0.1, 0.15) is 49.1 Å². The van der Waals surface area contributed by atoms with Gasteiger partial charge < -0.3 is 21.5 Å². The molecule has 7 rings (SSSR count). The number of rotatable bonds is 8. The number of nitrogen functional groups attached to an aromatic ring is 2. The van der Waals surface area contributed by atoms with Crippen LogP contribution in [-0.2, 0) is 6.61 Å². The number of ether oxygens (including phenoxy) is 1. The first-order valence-electron chi connectivity index (χ1n) is 15.6. The van der Waals surface area contributed by atoms with E-state index in [0.717, 1.165) is 44.7 Å². The van der Waals surface area contributed by atoms with Crippen LogP contribution < -0.4 is 21.5 Å². The molecule has 1 saturated carbocycles. The Morgan fingerprint density at radius 2 is 1.49 bits per heavy atom. The molecule has 2 heterocycles. The summed E-state index contributed by atoms with van der Waals surface area (Å²) in [6, 6.07) is 36.5. The highest BCUT2D eigenvalue weighted by Crippen LogP contribution is 2.35. The second-order valence-electron chi connectivity index (χ2n) is 11.7. The molecular formula is C38H36N6O. The van der Waals surface area contributed by atoms with Gasteiger partial charge in [0.1, 0.15) is 18.2 Å². The zero-order valence-corrected chi connectivity index (χ0v) is 25.1. The van der Waals surface area contributed by atoms with Crippen LogP contribution in [0.4, 0.5) is 23.1 Å². The molecule has 0 unspecified atom stereocenters. The Morgan fingerprint density at radius 3 is 2.31 bits per heavy atom. The monoisotopic (exact) mass is 592 g/mol. The van der Waals surface area contributed by atoms with Crippen molar-refractivity contribution in [1.29, 1.82) is 0 Å². The smallest absolute Gasteiger partial charge is 0.222 e. The van der Waals surface area contributed by atoms with E-state index in [1.165, 1.54) is 37.7 Å². The SMILES string of the molecule is Nc1nc(Nc2ccc3nc(-c4ccc(C5CCCCC5)cc4)cc(N)c3c2)cc(-c2cccc(OCc3ccccc3)c2)n1. The van der Waals surface area contributed by atoms with E-state index in [9.17, 15) is 0 Å². The number of hydrogen-bond donors (Lipinski definition) is 3. The van der Waals surface area contributed by atoms with Gasteiger partial charge in [-0.1, -0.05) is 86.0 Å². The third kappa shape index (κ3) is 6.58. The van der Waals surface area contributed by atoms with Crippen LogP contribution in [0, 0.1) is 0 Å². The van der Waals surface area contributed by atoms with Crippen molar-refractivity contribution in [3.05, 3.63) is 120 Å². The van der Waals surface area contributed by atoms with E-state index in [1.54, 1.807) is 0 Å². The van der Waals surface area contributed by atoms with Crippen molar-refractivity contribution in [2.75, 3.05) is 16.8 Å². The van der Waals surface area contributed by atoms with Crippen LogP contribution in [0.5, 0.6) is 5.75 Å². The third-order valence-corrected chi connectivity index (χ3v) is 8.52. The van der Waals surface area contributed by atoms with Gasteiger partial charge >= 0.3 is 0 Å². The van der Waals surface area contributed by atoms with Crippen LogP contribution in [0.25, 0.3) is 33.4 Å². The number of aromatic nitrogens is 3. The van der Waals surface area contributed by atoms with E-state index >= 15 is 0 Å². The van der Waals surface area contributed by atoms with Crippen molar-refractivity contribution in [2.24, 2.45) is 0 Å². The number of anilines is 4. The van der Waals surface area contributed by atoms with Crippen LogP contribution in [0.15, 0.2) is 109 Å². The molecule has 0 spiro atoms. The molecule has 0 bridgehead atoms. The molecule has 4 aromatic carbocycles. The Morgan fingerprint density at radius 1 is 0.689 bits per heavy atom. The first-order chi connectivity index (χ1) is 22.1. The zero-order valence-electron chi connectivity index (χ0n) is 25.1. The molecular weight excluding hydrogens is 556 g/mol. The normalized spacial score (nSPS) is 13.5. The lowest BCUT2D eigenvalue weighted by atomic mass is 9.84. The Hall–Kier alpha value is -5.43. The second-order valence-corrected chi connectivity index (χ2v) is 11.7. The molecule has 224 valence electrons. The minimum Gasteiger partial charge on any atom is -0.489 e. The molecule has 1 fully saturated rings. The topological polar surface area (TPSA) is 112 Å². The fourth-order valence-corrected chi connectivity index (χ4v) is 6.15. The highest BCUT2D eigenvalue weighted by atomic mass is 16.5. The van der Waals surface area contributed by atoms with Gasteiger partial charge in [0.25, 0.3) is 0 Å². The molecule has 6 aromatic rings. The van der Waals surface area contributed by atoms with Crippen molar-refractivity contribution in [3.8, 4) is 28.3 Å². The number of nitrogens with one attached hydrogen (secondary N) is 1. The van der Waals surface area contributed by atoms with Crippen LogP contribution >= 0.6 is 0 Å². The number of hydrogen-bond acceptors (Lipinski definition) is 7. The molecule has 0 aliphatic heterocycles. The minimum absolute atomic E-state index is 0.173. The first kappa shape index (κ1) is 28.3. The summed E-state index contributed by atoms with van der Waals surface area (Å²) in [6.07, 6.45) is 6.60. The standard InChI is InChI=1S/C38H36N6O/c39-33-22-35(28-16-14-27(15-17-28)26-10-5-2-6-11-26)42-34-19-18-30(21-32(33)34)41-37-23-36(43-38(40)44-37)29-12-7-13-31(20-29)45-24-25-8-3-1-4-9-25/h1,3-4,7-9,12-23,26H,2,5-6,10-11,24H2,(H2,39,42)(H3,40,41,43,44). The Labute approximate surface area is 263 Å². The van der Waals surface area contributed by atoms with E-state index in [-0.39, 0.29) is 5.95 Å². The maximum absolute atomic E-state index is 6.58. The molecule has 0 saturated heterocycles. The third-order valence-electron chi connectivity index (χ3n) is 8.52. The van der Waals surface area contributed by atoms with Gasteiger partial charge in [0.15, 0.2) is 0 Å². The summed E-state index contributed by atoms with van der Waals surface area (Å²) in [5.74, 6) is 2.18. The van der Waals surface area contributed by atoms with Crippen molar-refractivity contribution < 1.29 is 4.74 Å². The highest BCUT2D eigenvalue weighted by Gasteiger charge is 2.16. The molecule has 7 heteroatoms. The summed E-state index contributed by atoms with van der Waals surface area (Å²) < 4.78 is 6.02. The average molecular weight is 593 g/mol. The minimum atomic E-state index is 0.173. The summed E-state index contributed by atoms with van der Waals surface area (Å²) in [4.78, 5) is 13.8. The Balaban J connectivity index is 1.09. The number of benzene rings is 4. The maximum Gasteiger partial charge on any atom is 0.222 e. The lowest BCUT2D eigenvalue weighted by Gasteiger charge is -2.22. The molecule has 45 heavy (non-hydrogen) atoms. The first-order valence-corrected chi connectivity index (χ1v) is 15.6. The van der Waals surface area contributed by atoms with E-state index in [4.69, 9.17) is 21.2 Å². The van der Waals surface area contributed by atoms with E-state index < -0.39 is 0 Å². The lowest BCUT2D eigenvalue weighted by molar-refractivity contribution is 0.306. The lowest BCUT2D eigenvalue weighted by Crippen LogP contribution is -2.04. The van der Waals surface area contributed by atoms with Gasteiger partial charge in [-0.25, -0.2) is 9.97 Å². The van der Waals surface area contributed by atoms with Crippen LogP contribution in [0.3, 0.4) is 0 Å². The largest absolute Gasteiger partial charge is 0.489 e. The molecule has 1 aliphatic rings. The van der Waals surface area contributed by atoms with E-state index in [0.29, 0.717) is 29.7 Å². The molecule has 5 N–H and O–H groups in total. The van der Waals surface area contributed by atoms with E-state index in [2.05, 4.69) is 39.6 Å². The molecule has 0 atom stereocenters. The van der Waals surface area contributed by atoms with Gasteiger partial charge in [-0.2, -0.15) is 4.98 Å². The summed E-state index contributed by atoms with van der Waals surface area (Å²) in [5.41, 5.74) is 21.1. The quantitative estimate of drug-likeness (QED) is 0.162. The van der Waals surface area contributed by atoms with Crippen molar-refractivity contribution >= 4 is 34.0 Å². The number of nitrogens with two attached hydrogens (primary N) is 2. The molecule has 0 radical (unpaired) electrons. The number of pyridine rings is 1. The Kier molecular flexibility index (Phi) is 7.98. The zero-order chi connectivity index (χ0) is 30.6. The van der Waals surface area contributed by atoms with Gasteiger partial charge in [0.05, 0.1) is 16.9 Å². The number of nitrogens with zero attached hydrogens (tertiary/aromatic N) is 3. The summed E-state index contributed by atoms with van der Waals surface area (Å²) >= 11 is 0. The number of fused-ring (bicyclic) bond motifs is 1. The van der Waals surface area contributed by atoms with Gasteiger partial charge in [-0.15, -0.1) is 0 Å². The Bertz CT molecular complexity index is 1940. The maximum atomic E-state index is 6.58. The van der Waals surface area contributed by atoms with Crippen molar-refractivity contribution in [2.45, 2.75) is 44.6 Å². The van der Waals surface area contributed by atoms with Gasteiger partial charge in [-0.05, 0) is 66.3 Å². The summed E-state index contributed by atoms with van der Waals surface area (Å²) in [6.45, 7) is 0.483. The van der Waals surface area contributed by atoms with Gasteiger partial charge in [0.2, 0.25) is 5.95 Å². The molecule has 1 aliphatic carbocycles. The van der Waals surface area contributed by atoms with Gasteiger partial charge in [0, 0.05) is 34.0 Å².